The van der Waals surface area contributed by atoms with Crippen LogP contribution in [0.5, 0.6) is 0 Å². The Balaban J connectivity index is 1.76. The van der Waals surface area contributed by atoms with Crippen molar-refractivity contribution in [3.63, 3.8) is 0 Å². The van der Waals surface area contributed by atoms with Crippen LogP contribution in [0.1, 0.15) is 22.3 Å². The molecule has 0 fully saturated rings. The van der Waals surface area contributed by atoms with Gasteiger partial charge in [-0.25, -0.2) is 9.97 Å². The molecule has 0 saturated heterocycles. The Labute approximate surface area is 142 Å². The number of carbonyl (C=O) groups is 1. The average Bonchev–Trinajstić information content (AvgIpc) is 3.06. The van der Waals surface area contributed by atoms with Crippen molar-refractivity contribution in [1.29, 1.82) is 0 Å². The predicted molar refractivity (Wildman–Crippen MR) is 92.2 cm³/mol. The molecule has 24 heavy (non-hydrogen) atoms. The van der Waals surface area contributed by atoms with E-state index >= 15 is 0 Å². The molecule has 2 heterocycles. The number of amides is 1. The van der Waals surface area contributed by atoms with Gasteiger partial charge in [-0.15, -0.1) is 11.3 Å². The second-order valence-corrected chi connectivity index (χ2v) is 5.96. The zero-order valence-corrected chi connectivity index (χ0v) is 13.7. The highest BCUT2D eigenvalue weighted by Crippen LogP contribution is 2.28. The predicted octanol–water partition coefficient (Wildman–Crippen LogP) is 3.66. The largest absolute Gasteiger partial charge is 0.297 e. The fourth-order valence-corrected chi connectivity index (χ4v) is 3.16. The molecule has 2 aromatic heterocycles. The van der Waals surface area contributed by atoms with E-state index in [1.54, 1.807) is 0 Å². The smallest absolute Gasteiger partial charge is 0.281 e. The topological polar surface area (TPSA) is 66.9 Å². The Hall–Kier alpha value is -2.80. The van der Waals surface area contributed by atoms with Crippen LogP contribution >= 0.6 is 11.3 Å². The first kappa shape index (κ1) is 16.1. The van der Waals surface area contributed by atoms with Crippen LogP contribution in [-0.2, 0) is 6.42 Å². The molecule has 1 aromatic carbocycles. The quantitative estimate of drug-likeness (QED) is 0.548. The van der Waals surface area contributed by atoms with Gasteiger partial charge in [-0.05, 0) is 18.6 Å². The Kier molecular flexibility index (Phi) is 4.81. The summed E-state index contributed by atoms with van der Waals surface area (Å²) < 4.78 is 12.8. The van der Waals surface area contributed by atoms with Gasteiger partial charge in [-0.1, -0.05) is 37.3 Å². The number of nitrogens with one attached hydrogen (secondary N) is 2. The zero-order chi connectivity index (χ0) is 16.9. The van der Waals surface area contributed by atoms with Gasteiger partial charge in [-0.2, -0.15) is 4.39 Å². The number of nitrogens with zero attached hydrogens (tertiary/aromatic N) is 2. The third-order valence-corrected chi connectivity index (χ3v) is 4.45. The summed E-state index contributed by atoms with van der Waals surface area (Å²) in [6, 6.07) is 12.4. The van der Waals surface area contributed by atoms with Gasteiger partial charge in [0.15, 0.2) is 0 Å². The summed E-state index contributed by atoms with van der Waals surface area (Å²) >= 11 is 1.34. The minimum Gasteiger partial charge on any atom is -0.297 e. The molecule has 0 spiro atoms. The number of aromatic nitrogens is 2. The molecule has 122 valence electrons. The fourth-order valence-electron chi connectivity index (χ4n) is 2.11. The van der Waals surface area contributed by atoms with Gasteiger partial charge >= 0.3 is 0 Å². The molecule has 0 atom stereocenters. The van der Waals surface area contributed by atoms with E-state index in [2.05, 4.69) is 20.8 Å². The van der Waals surface area contributed by atoms with Crippen molar-refractivity contribution in [2.24, 2.45) is 0 Å². The van der Waals surface area contributed by atoms with Crippen molar-refractivity contribution in [2.75, 3.05) is 5.43 Å². The molecule has 0 aliphatic rings. The van der Waals surface area contributed by atoms with E-state index < -0.39 is 5.95 Å². The van der Waals surface area contributed by atoms with Crippen molar-refractivity contribution in [2.45, 2.75) is 13.3 Å². The number of halogens is 1. The normalized spacial score (nSPS) is 10.4. The Bertz CT molecular complexity index is 834. The fraction of sp³-hybridized carbons (Fsp3) is 0.118. The van der Waals surface area contributed by atoms with E-state index in [9.17, 15) is 9.18 Å². The van der Waals surface area contributed by atoms with Crippen LogP contribution in [0.25, 0.3) is 10.6 Å². The maximum absolute atomic E-state index is 12.8. The number of hydrazine groups is 1. The number of pyridine rings is 1. The zero-order valence-electron chi connectivity index (χ0n) is 12.9. The number of aryl methyl sites for hydroxylation is 1. The van der Waals surface area contributed by atoms with Gasteiger partial charge in [-0.3, -0.25) is 15.6 Å². The highest BCUT2D eigenvalue weighted by molar-refractivity contribution is 7.17. The molecular weight excluding hydrogens is 327 g/mol. The monoisotopic (exact) mass is 342 g/mol. The van der Waals surface area contributed by atoms with Gasteiger partial charge in [0.05, 0.1) is 17.6 Å². The van der Waals surface area contributed by atoms with Gasteiger partial charge in [0, 0.05) is 5.56 Å². The average molecular weight is 342 g/mol. The molecule has 0 unspecified atom stereocenters. The van der Waals surface area contributed by atoms with Crippen molar-refractivity contribution < 1.29 is 9.18 Å². The molecule has 0 aliphatic heterocycles. The van der Waals surface area contributed by atoms with E-state index in [0.717, 1.165) is 16.3 Å². The van der Waals surface area contributed by atoms with Crippen molar-refractivity contribution in [3.8, 4) is 10.6 Å². The summed E-state index contributed by atoms with van der Waals surface area (Å²) in [7, 11) is 0. The Morgan fingerprint density at radius 1 is 1.21 bits per heavy atom. The van der Waals surface area contributed by atoms with E-state index in [-0.39, 0.29) is 5.91 Å². The molecule has 7 heteroatoms. The second-order valence-electron chi connectivity index (χ2n) is 4.96. The number of thiazole rings is 1. The summed E-state index contributed by atoms with van der Waals surface area (Å²) in [6.07, 6.45) is 1.96. The highest BCUT2D eigenvalue weighted by atomic mass is 32.1. The molecular formula is C17H15FN4OS. The maximum Gasteiger partial charge on any atom is 0.281 e. The van der Waals surface area contributed by atoms with Crippen molar-refractivity contribution in [3.05, 3.63) is 65.2 Å². The molecule has 0 radical (unpaired) electrons. The molecule has 0 aliphatic carbocycles. The second kappa shape index (κ2) is 7.18. The summed E-state index contributed by atoms with van der Waals surface area (Å²) in [4.78, 5) is 21.0. The number of hydrogen-bond acceptors (Lipinski definition) is 5. The minimum atomic E-state index is -0.574. The summed E-state index contributed by atoms with van der Waals surface area (Å²) in [6.45, 7) is 1.96. The third kappa shape index (κ3) is 3.57. The molecule has 0 bridgehead atoms. The first-order valence-electron chi connectivity index (χ1n) is 7.40. The first-order chi connectivity index (χ1) is 11.7. The maximum atomic E-state index is 12.8. The molecule has 0 saturated carbocycles. The number of carbonyl (C=O) groups excluding carboxylic acids is 1. The lowest BCUT2D eigenvalue weighted by atomic mass is 10.2. The SMILES string of the molecule is CCc1nc(-c2ccccc2)sc1C(=O)NNc1ccc(F)nc1. The molecule has 3 rings (SSSR count). The van der Waals surface area contributed by atoms with Crippen LogP contribution in [0.2, 0.25) is 0 Å². The lowest BCUT2D eigenvalue weighted by Crippen LogP contribution is -2.29. The number of hydrogen-bond donors (Lipinski definition) is 2. The Morgan fingerprint density at radius 3 is 2.67 bits per heavy atom. The summed E-state index contributed by atoms with van der Waals surface area (Å²) in [5, 5.41) is 0.807. The van der Waals surface area contributed by atoms with E-state index in [0.29, 0.717) is 17.0 Å². The van der Waals surface area contributed by atoms with Gasteiger partial charge in [0.25, 0.3) is 5.91 Å². The first-order valence-corrected chi connectivity index (χ1v) is 8.22. The lowest BCUT2D eigenvalue weighted by Gasteiger charge is -2.07. The van der Waals surface area contributed by atoms with Crippen molar-refractivity contribution >= 4 is 22.9 Å². The highest BCUT2D eigenvalue weighted by Gasteiger charge is 2.17. The van der Waals surface area contributed by atoms with Crippen LogP contribution in [0.4, 0.5) is 10.1 Å². The Morgan fingerprint density at radius 2 is 2.00 bits per heavy atom. The van der Waals surface area contributed by atoms with E-state index in [1.807, 2.05) is 37.3 Å². The van der Waals surface area contributed by atoms with Crippen LogP contribution in [0.15, 0.2) is 48.7 Å². The molecule has 1 amide bonds. The van der Waals surface area contributed by atoms with Gasteiger partial charge in [0.2, 0.25) is 5.95 Å². The minimum absolute atomic E-state index is 0.282. The summed E-state index contributed by atoms with van der Waals surface area (Å²) in [5.41, 5.74) is 7.53. The molecule has 2 N–H and O–H groups in total. The van der Waals surface area contributed by atoms with Crippen LogP contribution in [0.3, 0.4) is 0 Å². The molecule has 3 aromatic rings. The van der Waals surface area contributed by atoms with Gasteiger partial charge in [0.1, 0.15) is 9.88 Å². The number of rotatable bonds is 5. The van der Waals surface area contributed by atoms with E-state index in [1.165, 1.54) is 29.7 Å². The van der Waals surface area contributed by atoms with Crippen molar-refractivity contribution in [1.82, 2.24) is 15.4 Å². The third-order valence-electron chi connectivity index (χ3n) is 3.31. The number of anilines is 1. The van der Waals surface area contributed by atoms with Crippen LogP contribution in [-0.4, -0.2) is 15.9 Å². The van der Waals surface area contributed by atoms with Crippen LogP contribution in [0, 0.1) is 5.95 Å². The molecule has 5 nitrogen and oxygen atoms in total. The lowest BCUT2D eigenvalue weighted by molar-refractivity contribution is 0.0965. The number of benzene rings is 1. The van der Waals surface area contributed by atoms with Gasteiger partial charge < -0.3 is 0 Å². The standard InChI is InChI=1S/C17H15FN4OS/c1-2-13-15(24-17(20-13)11-6-4-3-5-7-11)16(23)22-21-12-8-9-14(18)19-10-12/h3-10,21H,2H2,1H3,(H,22,23). The van der Waals surface area contributed by atoms with E-state index in [4.69, 9.17) is 0 Å². The van der Waals surface area contributed by atoms with Crippen LogP contribution < -0.4 is 10.9 Å². The summed E-state index contributed by atoms with van der Waals surface area (Å²) in [5.74, 6) is -0.856.